The van der Waals surface area contributed by atoms with Gasteiger partial charge in [0, 0.05) is 19.3 Å². The first kappa shape index (κ1) is 20.1. The fourth-order valence-electron chi connectivity index (χ4n) is 2.94. The Kier molecular flexibility index (Phi) is 6.23. The number of phenolic OH excluding ortho intramolecular Hbond substituents is 1. The van der Waals surface area contributed by atoms with Gasteiger partial charge in [0.05, 0.1) is 18.1 Å². The quantitative estimate of drug-likeness (QED) is 0.521. The molecule has 0 aliphatic carbocycles. The first-order chi connectivity index (χ1) is 14.0. The number of H-pyrrole nitrogens is 1. The zero-order valence-electron chi connectivity index (χ0n) is 15.8. The Morgan fingerprint density at radius 1 is 1.17 bits per heavy atom. The number of ether oxygens (including phenoxy) is 1. The lowest BCUT2D eigenvalue weighted by molar-refractivity contribution is -0.145. The number of aryl methyl sites for hydroxylation is 1. The second-order valence-electron chi connectivity index (χ2n) is 6.54. The first-order valence-electron chi connectivity index (χ1n) is 9.09. The van der Waals surface area contributed by atoms with Crippen molar-refractivity contribution in [2.24, 2.45) is 0 Å². The SMILES string of the molecule is COC(=O)[C@@H](Cc1ccc(O)cc1)NC(=O)CCc1nc2ccccc2[nH]c1=O. The van der Waals surface area contributed by atoms with Crippen molar-refractivity contribution in [1.29, 1.82) is 0 Å². The average molecular weight is 395 g/mol. The highest BCUT2D eigenvalue weighted by Crippen LogP contribution is 2.12. The smallest absolute Gasteiger partial charge is 0.328 e. The number of phenols is 1. The van der Waals surface area contributed by atoms with Crippen LogP contribution in [0.3, 0.4) is 0 Å². The van der Waals surface area contributed by atoms with Crippen molar-refractivity contribution in [3.05, 3.63) is 70.1 Å². The molecule has 29 heavy (non-hydrogen) atoms. The highest BCUT2D eigenvalue weighted by Gasteiger charge is 2.22. The molecule has 0 fully saturated rings. The second kappa shape index (κ2) is 9.01. The number of hydrogen-bond donors (Lipinski definition) is 3. The molecule has 1 heterocycles. The molecule has 3 rings (SSSR count). The summed E-state index contributed by atoms with van der Waals surface area (Å²) in [6.07, 6.45) is 0.351. The normalized spacial score (nSPS) is 11.8. The number of esters is 1. The second-order valence-corrected chi connectivity index (χ2v) is 6.54. The average Bonchev–Trinajstić information content (AvgIpc) is 2.72. The lowest BCUT2D eigenvalue weighted by Gasteiger charge is -2.16. The number of nitrogens with one attached hydrogen (secondary N) is 2. The van der Waals surface area contributed by atoms with Crippen molar-refractivity contribution in [3.8, 4) is 5.75 Å². The molecule has 3 aromatic rings. The zero-order chi connectivity index (χ0) is 20.8. The zero-order valence-corrected chi connectivity index (χ0v) is 15.8. The lowest BCUT2D eigenvalue weighted by atomic mass is 10.1. The molecule has 8 heteroatoms. The number of fused-ring (bicyclic) bond motifs is 1. The standard InChI is InChI=1S/C21H21N3O5/c1-29-21(28)18(12-13-6-8-14(25)9-7-13)23-19(26)11-10-17-20(27)24-16-5-3-2-4-15(16)22-17/h2-9,18,25H,10-12H2,1H3,(H,23,26)(H,24,27)/t18-/m1/s1. The number of aromatic hydroxyl groups is 1. The summed E-state index contributed by atoms with van der Waals surface area (Å²) >= 11 is 0. The number of methoxy groups -OCH3 is 1. The molecule has 0 unspecified atom stereocenters. The predicted octanol–water partition coefficient (Wildman–Crippen LogP) is 1.46. The maximum atomic E-state index is 12.4. The van der Waals surface area contributed by atoms with Gasteiger partial charge in [-0.3, -0.25) is 9.59 Å². The van der Waals surface area contributed by atoms with Crippen LogP contribution in [0.5, 0.6) is 5.75 Å². The van der Waals surface area contributed by atoms with Crippen LogP contribution in [0.15, 0.2) is 53.3 Å². The van der Waals surface area contributed by atoms with Crippen molar-refractivity contribution in [1.82, 2.24) is 15.3 Å². The van der Waals surface area contributed by atoms with E-state index in [0.717, 1.165) is 5.56 Å². The molecule has 0 saturated carbocycles. The van der Waals surface area contributed by atoms with Crippen LogP contribution in [0.25, 0.3) is 11.0 Å². The maximum absolute atomic E-state index is 12.4. The molecule has 1 atom stereocenters. The third-order valence-electron chi connectivity index (χ3n) is 4.46. The van der Waals surface area contributed by atoms with E-state index in [2.05, 4.69) is 15.3 Å². The summed E-state index contributed by atoms with van der Waals surface area (Å²) in [5, 5.41) is 12.0. The third kappa shape index (κ3) is 5.19. The Bertz CT molecular complexity index is 1080. The summed E-state index contributed by atoms with van der Waals surface area (Å²) < 4.78 is 4.77. The molecular formula is C21H21N3O5. The summed E-state index contributed by atoms with van der Waals surface area (Å²) in [5.41, 5.74) is 1.94. The van der Waals surface area contributed by atoms with Gasteiger partial charge in [0.1, 0.15) is 17.5 Å². The van der Waals surface area contributed by atoms with Gasteiger partial charge in [0.15, 0.2) is 0 Å². The van der Waals surface area contributed by atoms with Gasteiger partial charge in [-0.1, -0.05) is 24.3 Å². The van der Waals surface area contributed by atoms with E-state index in [1.165, 1.54) is 19.2 Å². The van der Waals surface area contributed by atoms with E-state index in [1.807, 2.05) is 6.07 Å². The number of aromatic nitrogens is 2. The molecule has 2 aromatic carbocycles. The summed E-state index contributed by atoms with van der Waals surface area (Å²) in [6, 6.07) is 12.6. The van der Waals surface area contributed by atoms with Crippen molar-refractivity contribution in [2.45, 2.75) is 25.3 Å². The summed E-state index contributed by atoms with van der Waals surface area (Å²) in [4.78, 5) is 43.6. The molecule has 0 spiro atoms. The van der Waals surface area contributed by atoms with Gasteiger partial charge in [0.2, 0.25) is 5.91 Å². The molecule has 0 aliphatic heterocycles. The minimum atomic E-state index is -0.875. The Balaban J connectivity index is 1.65. The topological polar surface area (TPSA) is 121 Å². The third-order valence-corrected chi connectivity index (χ3v) is 4.46. The Hall–Kier alpha value is -3.68. The van der Waals surface area contributed by atoms with Crippen LogP contribution in [0.2, 0.25) is 0 Å². The highest BCUT2D eigenvalue weighted by atomic mass is 16.5. The highest BCUT2D eigenvalue weighted by molar-refractivity contribution is 5.84. The van der Waals surface area contributed by atoms with Crippen LogP contribution < -0.4 is 10.9 Å². The predicted molar refractivity (Wildman–Crippen MR) is 106 cm³/mol. The molecule has 150 valence electrons. The van der Waals surface area contributed by atoms with Crippen molar-refractivity contribution >= 4 is 22.9 Å². The number of aromatic amines is 1. The molecule has 8 nitrogen and oxygen atoms in total. The van der Waals surface area contributed by atoms with Crippen LogP contribution in [-0.2, 0) is 27.2 Å². The molecule has 1 aromatic heterocycles. The largest absolute Gasteiger partial charge is 0.508 e. The Morgan fingerprint density at radius 2 is 1.90 bits per heavy atom. The van der Waals surface area contributed by atoms with Gasteiger partial charge in [0.25, 0.3) is 5.56 Å². The maximum Gasteiger partial charge on any atom is 0.328 e. The number of rotatable bonds is 7. The van der Waals surface area contributed by atoms with E-state index in [0.29, 0.717) is 11.0 Å². The molecule has 1 amide bonds. The van der Waals surface area contributed by atoms with E-state index >= 15 is 0 Å². The lowest BCUT2D eigenvalue weighted by Crippen LogP contribution is -2.43. The molecule has 0 aliphatic rings. The monoisotopic (exact) mass is 395 g/mol. The van der Waals surface area contributed by atoms with E-state index in [4.69, 9.17) is 4.74 Å². The van der Waals surface area contributed by atoms with E-state index in [1.54, 1.807) is 30.3 Å². The van der Waals surface area contributed by atoms with E-state index < -0.39 is 17.9 Å². The van der Waals surface area contributed by atoms with Gasteiger partial charge >= 0.3 is 5.97 Å². The Labute approximate surface area is 166 Å². The fourth-order valence-corrected chi connectivity index (χ4v) is 2.94. The Morgan fingerprint density at radius 3 is 2.62 bits per heavy atom. The molecule has 0 radical (unpaired) electrons. The van der Waals surface area contributed by atoms with Gasteiger partial charge in [-0.2, -0.15) is 0 Å². The van der Waals surface area contributed by atoms with Crippen molar-refractivity contribution in [2.75, 3.05) is 7.11 Å². The summed E-state index contributed by atoms with van der Waals surface area (Å²) in [7, 11) is 1.25. The summed E-state index contributed by atoms with van der Waals surface area (Å²) in [5.74, 6) is -0.859. The number of carbonyl (C=O) groups is 2. The van der Waals surface area contributed by atoms with Crippen LogP contribution in [0.1, 0.15) is 17.7 Å². The van der Waals surface area contributed by atoms with Crippen LogP contribution >= 0.6 is 0 Å². The van der Waals surface area contributed by atoms with Gasteiger partial charge in [-0.05, 0) is 29.8 Å². The number of para-hydroxylation sites is 2. The molecule has 0 bridgehead atoms. The molecule has 0 saturated heterocycles. The number of amides is 1. The van der Waals surface area contributed by atoms with Crippen LogP contribution in [0.4, 0.5) is 0 Å². The molecule has 3 N–H and O–H groups in total. The van der Waals surface area contributed by atoms with E-state index in [-0.39, 0.29) is 36.3 Å². The van der Waals surface area contributed by atoms with Crippen molar-refractivity contribution in [3.63, 3.8) is 0 Å². The number of hydrogen-bond acceptors (Lipinski definition) is 6. The fraction of sp³-hybridized carbons (Fsp3) is 0.238. The van der Waals surface area contributed by atoms with Gasteiger partial charge < -0.3 is 20.1 Å². The summed E-state index contributed by atoms with van der Waals surface area (Å²) in [6.45, 7) is 0. The van der Waals surface area contributed by atoms with Crippen LogP contribution in [-0.4, -0.2) is 40.1 Å². The van der Waals surface area contributed by atoms with Crippen molar-refractivity contribution < 1.29 is 19.4 Å². The number of nitrogens with zero attached hydrogens (tertiary/aromatic N) is 1. The number of carbonyl (C=O) groups excluding carboxylic acids is 2. The first-order valence-corrected chi connectivity index (χ1v) is 9.09. The van der Waals surface area contributed by atoms with Gasteiger partial charge in [-0.25, -0.2) is 9.78 Å². The minimum absolute atomic E-state index is 0.00249. The minimum Gasteiger partial charge on any atom is -0.508 e. The van der Waals surface area contributed by atoms with Gasteiger partial charge in [-0.15, -0.1) is 0 Å². The number of benzene rings is 2. The van der Waals surface area contributed by atoms with Crippen LogP contribution in [0, 0.1) is 0 Å². The molecular weight excluding hydrogens is 374 g/mol. The van der Waals surface area contributed by atoms with E-state index in [9.17, 15) is 19.5 Å².